The fourth-order valence-electron chi connectivity index (χ4n) is 1.43. The summed E-state index contributed by atoms with van der Waals surface area (Å²) in [5, 5.41) is 0.638. The number of hydrogen-bond acceptors (Lipinski definition) is 3. The zero-order chi connectivity index (χ0) is 11.7. The summed E-state index contributed by atoms with van der Waals surface area (Å²) in [6.45, 7) is -0.264. The van der Waals surface area contributed by atoms with Crippen LogP contribution in [0.5, 0.6) is 5.75 Å². The molecule has 1 aromatic rings. The molecule has 1 radical (unpaired) electrons. The van der Waals surface area contributed by atoms with E-state index in [9.17, 15) is 9.59 Å². The van der Waals surface area contributed by atoms with E-state index in [1.165, 1.54) is 17.0 Å². The number of hydrogen-bond donors (Lipinski definition) is 0. The third-order valence-corrected chi connectivity index (χ3v) is 2.89. The molecule has 0 spiro atoms. The summed E-state index contributed by atoms with van der Waals surface area (Å²) in [6.07, 6.45) is 1.67. The van der Waals surface area contributed by atoms with Crippen LogP contribution in [-0.4, -0.2) is 25.3 Å². The average molecular weight is 259 g/mol. The number of amides is 1. The second-order valence-electron chi connectivity index (χ2n) is 3.15. The van der Waals surface area contributed by atoms with Gasteiger partial charge >= 0.3 is 0 Å². The van der Waals surface area contributed by atoms with Crippen molar-refractivity contribution in [1.29, 1.82) is 0 Å². The van der Waals surface area contributed by atoms with Gasteiger partial charge < -0.3 is 4.74 Å². The number of halogens is 2. The maximum Gasteiger partial charge on any atom is 0.265 e. The van der Waals surface area contributed by atoms with Gasteiger partial charge in [0.15, 0.2) is 6.61 Å². The molecule has 16 heavy (non-hydrogen) atoms. The molecule has 0 aliphatic carbocycles. The molecule has 1 heterocycles. The Hall–Kier alpha value is -1.26. The number of rotatable bonds is 2. The molecule has 0 aromatic heterocycles. The quantitative estimate of drug-likeness (QED) is 0.813. The molecule has 0 N–H and O–H groups in total. The Morgan fingerprint density at radius 3 is 2.75 bits per heavy atom. The minimum absolute atomic E-state index is 0.118. The highest BCUT2D eigenvalue weighted by Crippen LogP contribution is 2.38. The van der Waals surface area contributed by atoms with Gasteiger partial charge in [-0.1, -0.05) is 23.2 Å². The molecule has 6 heteroatoms. The summed E-state index contributed by atoms with van der Waals surface area (Å²) < 4.78 is 5.18. The molecule has 1 aliphatic rings. The number of carbonyl (C=O) groups is 1. The van der Waals surface area contributed by atoms with E-state index in [1.54, 1.807) is 6.29 Å². The number of carbonyl (C=O) groups excluding carboxylic acids is 2. The predicted octanol–water partition coefficient (Wildman–Crippen LogP) is 1.83. The Morgan fingerprint density at radius 1 is 1.38 bits per heavy atom. The SMILES string of the molecule is O=[C]CN1C(=O)COc2cc(Cl)c(Cl)cc21. The zero-order valence-electron chi connectivity index (χ0n) is 8.00. The number of benzene rings is 1. The molecule has 1 amide bonds. The third-order valence-electron chi connectivity index (χ3n) is 2.17. The van der Waals surface area contributed by atoms with E-state index in [-0.39, 0.29) is 19.1 Å². The Balaban J connectivity index is 2.50. The predicted molar refractivity (Wildman–Crippen MR) is 60.0 cm³/mol. The average Bonchev–Trinajstić information content (AvgIpc) is 2.25. The van der Waals surface area contributed by atoms with Crippen LogP contribution in [0, 0.1) is 0 Å². The summed E-state index contributed by atoms with van der Waals surface area (Å²) in [5.74, 6) is 0.124. The highest BCUT2D eigenvalue weighted by atomic mass is 35.5. The lowest BCUT2D eigenvalue weighted by molar-refractivity contribution is -0.121. The summed E-state index contributed by atoms with van der Waals surface area (Å²) in [6, 6.07) is 3.01. The molecule has 0 bridgehead atoms. The van der Waals surface area contributed by atoms with Crippen LogP contribution >= 0.6 is 23.2 Å². The minimum Gasteiger partial charge on any atom is -0.482 e. The van der Waals surface area contributed by atoms with Crippen molar-refractivity contribution in [3.8, 4) is 5.75 Å². The van der Waals surface area contributed by atoms with Gasteiger partial charge in [0.25, 0.3) is 5.91 Å². The van der Waals surface area contributed by atoms with E-state index in [2.05, 4.69) is 0 Å². The molecule has 0 saturated heterocycles. The lowest BCUT2D eigenvalue weighted by atomic mass is 10.2. The van der Waals surface area contributed by atoms with Gasteiger partial charge in [0, 0.05) is 6.07 Å². The van der Waals surface area contributed by atoms with Crippen molar-refractivity contribution in [2.75, 3.05) is 18.1 Å². The van der Waals surface area contributed by atoms with E-state index in [1.807, 2.05) is 0 Å². The first kappa shape index (κ1) is 11.2. The highest BCUT2D eigenvalue weighted by Gasteiger charge is 2.26. The van der Waals surface area contributed by atoms with Gasteiger partial charge in [-0.3, -0.25) is 14.5 Å². The van der Waals surface area contributed by atoms with Crippen LogP contribution in [-0.2, 0) is 9.59 Å². The van der Waals surface area contributed by atoms with E-state index >= 15 is 0 Å². The van der Waals surface area contributed by atoms with E-state index in [4.69, 9.17) is 27.9 Å². The molecule has 1 aliphatic heterocycles. The van der Waals surface area contributed by atoms with Crippen molar-refractivity contribution in [2.45, 2.75) is 0 Å². The van der Waals surface area contributed by atoms with Crippen LogP contribution < -0.4 is 9.64 Å². The van der Waals surface area contributed by atoms with Crippen LogP contribution in [0.3, 0.4) is 0 Å². The van der Waals surface area contributed by atoms with Gasteiger partial charge in [0.1, 0.15) is 5.75 Å². The van der Waals surface area contributed by atoms with Crippen LogP contribution in [0.15, 0.2) is 12.1 Å². The van der Waals surface area contributed by atoms with Crippen LogP contribution in [0.4, 0.5) is 5.69 Å². The normalized spacial score (nSPS) is 14.4. The minimum atomic E-state index is -0.311. The van der Waals surface area contributed by atoms with Gasteiger partial charge in [-0.05, 0) is 6.07 Å². The lowest BCUT2D eigenvalue weighted by Crippen LogP contribution is -2.39. The van der Waals surface area contributed by atoms with Crippen LogP contribution in [0.2, 0.25) is 10.0 Å². The van der Waals surface area contributed by atoms with Gasteiger partial charge in [-0.15, -0.1) is 0 Å². The maximum atomic E-state index is 11.5. The zero-order valence-corrected chi connectivity index (χ0v) is 9.51. The molecule has 0 atom stereocenters. The lowest BCUT2D eigenvalue weighted by Gasteiger charge is -2.27. The summed E-state index contributed by atoms with van der Waals surface area (Å²) in [7, 11) is 0. The highest BCUT2D eigenvalue weighted by molar-refractivity contribution is 6.42. The second kappa shape index (κ2) is 4.31. The van der Waals surface area contributed by atoms with Crippen molar-refractivity contribution < 1.29 is 14.3 Å². The largest absolute Gasteiger partial charge is 0.482 e. The van der Waals surface area contributed by atoms with Crippen molar-refractivity contribution in [3.63, 3.8) is 0 Å². The topological polar surface area (TPSA) is 46.6 Å². The first-order valence-corrected chi connectivity index (χ1v) is 5.16. The van der Waals surface area contributed by atoms with Crippen LogP contribution in [0.25, 0.3) is 0 Å². The molecular weight excluding hydrogens is 253 g/mol. The monoisotopic (exact) mass is 258 g/mol. The second-order valence-corrected chi connectivity index (χ2v) is 3.96. The first-order valence-electron chi connectivity index (χ1n) is 4.40. The fourth-order valence-corrected chi connectivity index (χ4v) is 1.75. The first-order chi connectivity index (χ1) is 7.63. The molecule has 2 rings (SSSR count). The van der Waals surface area contributed by atoms with Gasteiger partial charge in [0.2, 0.25) is 6.29 Å². The van der Waals surface area contributed by atoms with Crippen molar-refractivity contribution >= 4 is 41.1 Å². The Bertz CT molecular complexity index is 462. The van der Waals surface area contributed by atoms with E-state index in [0.29, 0.717) is 21.5 Å². The molecule has 83 valence electrons. The number of fused-ring (bicyclic) bond motifs is 1. The standard InChI is InChI=1S/C10H6Cl2NO3/c11-6-3-8-9(4-7(6)12)16-5-10(15)13(8)1-2-14/h3-4H,1,5H2. The van der Waals surface area contributed by atoms with Gasteiger partial charge in [-0.2, -0.15) is 0 Å². The molecule has 0 saturated carbocycles. The van der Waals surface area contributed by atoms with Crippen molar-refractivity contribution in [1.82, 2.24) is 0 Å². The van der Waals surface area contributed by atoms with Crippen molar-refractivity contribution in [2.24, 2.45) is 0 Å². The van der Waals surface area contributed by atoms with Crippen LogP contribution in [0.1, 0.15) is 0 Å². The Morgan fingerprint density at radius 2 is 2.06 bits per heavy atom. The summed E-state index contributed by atoms with van der Waals surface area (Å²) >= 11 is 11.6. The number of nitrogens with zero attached hydrogens (tertiary/aromatic N) is 1. The number of ether oxygens (including phenoxy) is 1. The molecule has 0 unspecified atom stereocenters. The molecule has 4 nitrogen and oxygen atoms in total. The smallest absolute Gasteiger partial charge is 0.265 e. The number of anilines is 1. The summed E-state index contributed by atoms with van der Waals surface area (Å²) in [5.41, 5.74) is 0.439. The van der Waals surface area contributed by atoms with E-state index < -0.39 is 0 Å². The van der Waals surface area contributed by atoms with Crippen molar-refractivity contribution in [3.05, 3.63) is 22.2 Å². The third kappa shape index (κ3) is 1.86. The maximum absolute atomic E-state index is 11.5. The molecule has 1 aromatic carbocycles. The molecular formula is C10H6Cl2NO3. The summed E-state index contributed by atoms with van der Waals surface area (Å²) in [4.78, 5) is 23.1. The Labute approximate surface area is 102 Å². The Kier molecular flexibility index (Phi) is 3.03. The van der Waals surface area contributed by atoms with Gasteiger partial charge in [-0.25, -0.2) is 0 Å². The molecule has 0 fully saturated rings. The van der Waals surface area contributed by atoms with E-state index in [0.717, 1.165) is 0 Å². The fraction of sp³-hybridized carbons (Fsp3) is 0.200. The van der Waals surface area contributed by atoms with Gasteiger partial charge in [0.05, 0.1) is 22.3 Å².